The molecule has 0 aliphatic carbocycles. The molecule has 0 saturated carbocycles. The fraction of sp³-hybridized carbons (Fsp3) is 0.125. The van der Waals surface area contributed by atoms with E-state index < -0.39 is 6.04 Å². The molecule has 1 atom stereocenters. The predicted molar refractivity (Wildman–Crippen MR) is 84.2 cm³/mol. The molecule has 5 heteroatoms. The molecule has 3 aromatic rings. The summed E-state index contributed by atoms with van der Waals surface area (Å²) in [6, 6.07) is 12.3. The Balaban J connectivity index is 2.11. The highest BCUT2D eigenvalue weighted by Crippen LogP contribution is 2.33. The Morgan fingerprint density at radius 2 is 2.05 bits per heavy atom. The van der Waals surface area contributed by atoms with Crippen LogP contribution in [0, 0.1) is 12.7 Å². The molecule has 0 radical (unpaired) electrons. The lowest BCUT2D eigenvalue weighted by Gasteiger charge is -2.15. The zero-order chi connectivity index (χ0) is 15.0. The summed E-state index contributed by atoms with van der Waals surface area (Å²) in [4.78, 5) is 0. The summed E-state index contributed by atoms with van der Waals surface area (Å²) in [6.45, 7) is 2.02. The van der Waals surface area contributed by atoms with Crippen LogP contribution in [-0.2, 0) is 0 Å². The smallest absolute Gasteiger partial charge is 0.137 e. The topological polar surface area (TPSA) is 51.2 Å². The third kappa shape index (κ3) is 2.60. The summed E-state index contributed by atoms with van der Waals surface area (Å²) < 4.78 is 19.9. The highest BCUT2D eigenvalue weighted by molar-refractivity contribution is 9.10. The van der Waals surface area contributed by atoms with Crippen molar-refractivity contribution in [2.45, 2.75) is 13.0 Å². The number of hydrazine groups is 1. The van der Waals surface area contributed by atoms with Gasteiger partial charge in [-0.3, -0.25) is 5.84 Å². The van der Waals surface area contributed by atoms with E-state index >= 15 is 0 Å². The predicted octanol–water partition coefficient (Wildman–Crippen LogP) is 4.20. The van der Waals surface area contributed by atoms with E-state index in [0.717, 1.165) is 16.5 Å². The summed E-state index contributed by atoms with van der Waals surface area (Å²) in [7, 11) is 0. The fourth-order valence-electron chi connectivity index (χ4n) is 2.39. The van der Waals surface area contributed by atoms with Gasteiger partial charge < -0.3 is 4.42 Å². The molecular formula is C16H14BrFN2O. The molecule has 3 rings (SSSR count). The van der Waals surface area contributed by atoms with Crippen molar-refractivity contribution in [2.75, 3.05) is 0 Å². The Morgan fingerprint density at radius 3 is 2.81 bits per heavy atom. The zero-order valence-electron chi connectivity index (χ0n) is 11.4. The summed E-state index contributed by atoms with van der Waals surface area (Å²) in [6.07, 6.45) is 0. The van der Waals surface area contributed by atoms with Crippen LogP contribution < -0.4 is 11.3 Å². The maximum Gasteiger partial charge on any atom is 0.137 e. The van der Waals surface area contributed by atoms with E-state index in [1.165, 1.54) is 6.07 Å². The van der Waals surface area contributed by atoms with E-state index in [1.807, 2.05) is 31.2 Å². The van der Waals surface area contributed by atoms with Gasteiger partial charge in [0.1, 0.15) is 23.2 Å². The average Bonchev–Trinajstić information content (AvgIpc) is 2.87. The molecule has 0 fully saturated rings. The first kappa shape index (κ1) is 14.3. The van der Waals surface area contributed by atoms with Crippen molar-refractivity contribution < 1.29 is 8.81 Å². The minimum atomic E-state index is -0.428. The monoisotopic (exact) mass is 348 g/mol. The van der Waals surface area contributed by atoms with Crippen molar-refractivity contribution in [3.05, 3.63) is 69.6 Å². The van der Waals surface area contributed by atoms with Gasteiger partial charge >= 0.3 is 0 Å². The molecule has 0 saturated heterocycles. The zero-order valence-corrected chi connectivity index (χ0v) is 12.9. The molecule has 1 heterocycles. The lowest BCUT2D eigenvalue weighted by Crippen LogP contribution is -2.28. The normalized spacial score (nSPS) is 12.8. The van der Waals surface area contributed by atoms with Gasteiger partial charge in [-0.1, -0.05) is 23.8 Å². The molecule has 108 valence electrons. The van der Waals surface area contributed by atoms with E-state index in [4.69, 9.17) is 10.3 Å². The summed E-state index contributed by atoms with van der Waals surface area (Å²) in [5.41, 5.74) is 5.31. The SMILES string of the molecule is Cc1ccc2oc(C(NN)c3cccc(F)c3Br)cc2c1. The van der Waals surface area contributed by atoms with Crippen molar-refractivity contribution in [1.29, 1.82) is 0 Å². The number of aryl methyl sites for hydroxylation is 1. The van der Waals surface area contributed by atoms with Crippen LogP contribution >= 0.6 is 15.9 Å². The van der Waals surface area contributed by atoms with Gasteiger partial charge in [-0.25, -0.2) is 9.82 Å². The first-order valence-corrected chi connectivity index (χ1v) is 7.29. The molecule has 1 aromatic heterocycles. The molecule has 0 amide bonds. The third-order valence-corrected chi connectivity index (χ3v) is 4.27. The van der Waals surface area contributed by atoms with E-state index in [-0.39, 0.29) is 5.82 Å². The number of hydrogen-bond donors (Lipinski definition) is 2. The number of hydrogen-bond acceptors (Lipinski definition) is 3. The molecule has 3 N–H and O–H groups in total. The molecule has 1 unspecified atom stereocenters. The van der Waals surface area contributed by atoms with Crippen LogP contribution in [0.3, 0.4) is 0 Å². The highest BCUT2D eigenvalue weighted by atomic mass is 79.9. The molecule has 0 bridgehead atoms. The maximum absolute atomic E-state index is 13.7. The largest absolute Gasteiger partial charge is 0.459 e. The van der Waals surface area contributed by atoms with Gasteiger partial charge in [0, 0.05) is 5.39 Å². The second-order valence-corrected chi connectivity index (χ2v) is 5.73. The number of rotatable bonds is 3. The van der Waals surface area contributed by atoms with Crippen LogP contribution in [0.15, 0.2) is 51.4 Å². The number of halogens is 2. The minimum absolute atomic E-state index is 0.334. The van der Waals surface area contributed by atoms with Crippen LogP contribution in [0.2, 0.25) is 0 Å². The fourth-order valence-corrected chi connectivity index (χ4v) is 2.89. The molecular weight excluding hydrogens is 335 g/mol. The van der Waals surface area contributed by atoms with Gasteiger partial charge in [0.05, 0.1) is 4.47 Å². The summed E-state index contributed by atoms with van der Waals surface area (Å²) in [5, 5.41) is 0.998. The molecule has 0 aliphatic heterocycles. The molecule has 0 aliphatic rings. The lowest BCUT2D eigenvalue weighted by atomic mass is 10.0. The first-order chi connectivity index (χ1) is 10.1. The molecule has 0 spiro atoms. The van der Waals surface area contributed by atoms with Gasteiger partial charge in [0.25, 0.3) is 0 Å². The standard InChI is InChI=1S/C16H14BrFN2O/c1-9-5-6-13-10(7-9)8-14(21-13)16(20-19)11-3-2-4-12(18)15(11)17/h2-8,16,20H,19H2,1H3. The number of fused-ring (bicyclic) bond motifs is 1. The van der Waals surface area contributed by atoms with Gasteiger partial charge in [0.2, 0.25) is 0 Å². The summed E-state index contributed by atoms with van der Waals surface area (Å²) in [5.74, 6) is 5.96. The van der Waals surface area contributed by atoms with Crippen LogP contribution in [0.1, 0.15) is 22.9 Å². The van der Waals surface area contributed by atoms with Crippen molar-refractivity contribution in [3.63, 3.8) is 0 Å². The van der Waals surface area contributed by atoms with Gasteiger partial charge in [-0.05, 0) is 52.7 Å². The van der Waals surface area contributed by atoms with Crippen LogP contribution in [0.5, 0.6) is 0 Å². The lowest BCUT2D eigenvalue weighted by molar-refractivity contribution is 0.474. The van der Waals surface area contributed by atoms with E-state index in [1.54, 1.807) is 12.1 Å². The molecule has 3 nitrogen and oxygen atoms in total. The number of nitrogens with one attached hydrogen (secondary N) is 1. The maximum atomic E-state index is 13.7. The number of furan rings is 1. The van der Waals surface area contributed by atoms with Crippen molar-refractivity contribution >= 4 is 26.9 Å². The van der Waals surface area contributed by atoms with E-state index in [0.29, 0.717) is 15.8 Å². The Labute approximate surface area is 130 Å². The average molecular weight is 349 g/mol. The minimum Gasteiger partial charge on any atom is -0.459 e. The Bertz CT molecular complexity index is 800. The van der Waals surface area contributed by atoms with Crippen LogP contribution in [-0.4, -0.2) is 0 Å². The van der Waals surface area contributed by atoms with Crippen LogP contribution in [0.25, 0.3) is 11.0 Å². The van der Waals surface area contributed by atoms with Crippen molar-refractivity contribution in [1.82, 2.24) is 5.43 Å². The number of benzene rings is 2. The van der Waals surface area contributed by atoms with Crippen LogP contribution in [0.4, 0.5) is 4.39 Å². The second kappa shape index (κ2) is 5.60. The van der Waals surface area contributed by atoms with Crippen molar-refractivity contribution in [2.24, 2.45) is 5.84 Å². The number of nitrogens with two attached hydrogens (primary N) is 1. The van der Waals surface area contributed by atoms with Gasteiger partial charge in [0.15, 0.2) is 0 Å². The highest BCUT2D eigenvalue weighted by Gasteiger charge is 2.21. The summed E-state index contributed by atoms with van der Waals surface area (Å²) >= 11 is 3.26. The van der Waals surface area contributed by atoms with E-state index in [2.05, 4.69) is 21.4 Å². The van der Waals surface area contributed by atoms with E-state index in [9.17, 15) is 4.39 Å². The quantitative estimate of drug-likeness (QED) is 0.551. The van der Waals surface area contributed by atoms with Crippen molar-refractivity contribution in [3.8, 4) is 0 Å². The van der Waals surface area contributed by atoms with Gasteiger partial charge in [-0.15, -0.1) is 0 Å². The second-order valence-electron chi connectivity index (χ2n) is 4.93. The van der Waals surface area contributed by atoms with Gasteiger partial charge in [-0.2, -0.15) is 0 Å². The third-order valence-electron chi connectivity index (χ3n) is 3.43. The Morgan fingerprint density at radius 1 is 1.24 bits per heavy atom. The molecule has 2 aromatic carbocycles. The Hall–Kier alpha value is -1.69. The Kier molecular flexibility index (Phi) is 3.80. The molecule has 21 heavy (non-hydrogen) atoms. The first-order valence-electron chi connectivity index (χ1n) is 6.50.